The van der Waals surface area contributed by atoms with Gasteiger partial charge in [0.25, 0.3) is 5.56 Å². The maximum absolute atomic E-state index is 12.5. The molecule has 3 nitrogen and oxygen atoms in total. The number of benzene rings is 1. The fourth-order valence-electron chi connectivity index (χ4n) is 2.31. The molecule has 0 aliphatic rings. The highest BCUT2D eigenvalue weighted by atomic mass is 32.1. The van der Waals surface area contributed by atoms with Crippen LogP contribution in [-0.2, 0) is 0 Å². The Hall–Kier alpha value is -2.24. The van der Waals surface area contributed by atoms with E-state index in [-0.39, 0.29) is 5.56 Å². The topological polar surface area (TPSA) is 45.8 Å². The molecule has 0 bridgehead atoms. The third-order valence-corrected chi connectivity index (χ3v) is 5.03. The average molecular weight is 310 g/mol. The normalized spacial score (nSPS) is 11.0. The van der Waals surface area contributed by atoms with E-state index in [1.165, 1.54) is 11.3 Å². The van der Waals surface area contributed by atoms with Gasteiger partial charge >= 0.3 is 0 Å². The number of hydrogen-bond acceptors (Lipinski definition) is 4. The molecule has 0 aliphatic carbocycles. The van der Waals surface area contributed by atoms with Crippen LogP contribution in [0.15, 0.2) is 58.0 Å². The van der Waals surface area contributed by atoms with Gasteiger partial charge in [-0.3, -0.25) is 4.79 Å². The van der Waals surface area contributed by atoms with Crippen molar-refractivity contribution in [2.24, 2.45) is 0 Å². The Morgan fingerprint density at radius 1 is 1.00 bits per heavy atom. The van der Waals surface area contributed by atoms with Crippen molar-refractivity contribution < 1.29 is 0 Å². The minimum Gasteiger partial charge on any atom is -0.305 e. The number of thiophene rings is 2. The van der Waals surface area contributed by atoms with Gasteiger partial charge in [0.05, 0.1) is 10.3 Å². The summed E-state index contributed by atoms with van der Waals surface area (Å²) in [6.07, 6.45) is 0. The SMILES string of the molecule is O=c1[nH]c(-c2cccs2)nc2scc(-c3ccccc3)c12. The van der Waals surface area contributed by atoms with Gasteiger partial charge < -0.3 is 4.98 Å². The first-order valence-corrected chi connectivity index (χ1v) is 8.19. The Morgan fingerprint density at radius 3 is 2.62 bits per heavy atom. The summed E-state index contributed by atoms with van der Waals surface area (Å²) in [5.41, 5.74) is 1.91. The van der Waals surface area contributed by atoms with Crippen LogP contribution in [0.1, 0.15) is 0 Å². The van der Waals surface area contributed by atoms with Gasteiger partial charge in [-0.2, -0.15) is 0 Å². The molecular weight excluding hydrogens is 300 g/mol. The van der Waals surface area contributed by atoms with Crippen molar-refractivity contribution in [3.05, 3.63) is 63.6 Å². The van der Waals surface area contributed by atoms with E-state index < -0.39 is 0 Å². The Kier molecular flexibility index (Phi) is 2.94. The van der Waals surface area contributed by atoms with Gasteiger partial charge in [0.2, 0.25) is 0 Å². The number of nitrogens with one attached hydrogen (secondary N) is 1. The summed E-state index contributed by atoms with van der Waals surface area (Å²) in [7, 11) is 0. The third kappa shape index (κ3) is 2.11. The molecule has 1 aromatic carbocycles. The van der Waals surface area contributed by atoms with Crippen LogP contribution in [0, 0.1) is 0 Å². The fraction of sp³-hybridized carbons (Fsp3) is 0. The van der Waals surface area contributed by atoms with Gasteiger partial charge in [0.1, 0.15) is 4.83 Å². The van der Waals surface area contributed by atoms with Crippen LogP contribution in [0.2, 0.25) is 0 Å². The lowest BCUT2D eigenvalue weighted by Gasteiger charge is -2.00. The minimum atomic E-state index is -0.0801. The number of rotatable bonds is 2. The van der Waals surface area contributed by atoms with Gasteiger partial charge in [-0.1, -0.05) is 36.4 Å². The molecule has 1 N–H and O–H groups in total. The molecule has 3 aromatic heterocycles. The van der Waals surface area contributed by atoms with Gasteiger partial charge in [-0.05, 0) is 17.0 Å². The molecule has 0 saturated heterocycles. The lowest BCUT2D eigenvalue weighted by Crippen LogP contribution is -2.08. The number of nitrogens with zero attached hydrogens (tertiary/aromatic N) is 1. The first-order valence-electron chi connectivity index (χ1n) is 6.44. The zero-order valence-corrected chi connectivity index (χ0v) is 12.5. The Morgan fingerprint density at radius 2 is 1.86 bits per heavy atom. The van der Waals surface area contributed by atoms with E-state index in [0.29, 0.717) is 11.2 Å². The van der Waals surface area contributed by atoms with E-state index in [1.54, 1.807) is 11.3 Å². The van der Waals surface area contributed by atoms with Crippen LogP contribution in [0.5, 0.6) is 0 Å². The summed E-state index contributed by atoms with van der Waals surface area (Å²) in [5.74, 6) is 0.643. The molecule has 4 aromatic rings. The van der Waals surface area contributed by atoms with E-state index in [2.05, 4.69) is 9.97 Å². The molecule has 0 atom stereocenters. The molecule has 0 radical (unpaired) electrons. The number of aromatic amines is 1. The Labute approximate surface area is 128 Å². The van der Waals surface area contributed by atoms with E-state index in [9.17, 15) is 4.79 Å². The number of H-pyrrole nitrogens is 1. The van der Waals surface area contributed by atoms with Crippen LogP contribution in [0.3, 0.4) is 0 Å². The lowest BCUT2D eigenvalue weighted by molar-refractivity contribution is 1.20. The maximum atomic E-state index is 12.5. The molecule has 4 rings (SSSR count). The van der Waals surface area contributed by atoms with Crippen molar-refractivity contribution >= 4 is 32.9 Å². The van der Waals surface area contributed by atoms with Crippen LogP contribution < -0.4 is 5.56 Å². The number of hydrogen-bond donors (Lipinski definition) is 1. The second-order valence-electron chi connectivity index (χ2n) is 4.59. The Bertz CT molecular complexity index is 953. The second kappa shape index (κ2) is 4.95. The fourth-order valence-corrected chi connectivity index (χ4v) is 3.93. The molecule has 0 saturated carbocycles. The van der Waals surface area contributed by atoms with Crippen LogP contribution in [-0.4, -0.2) is 9.97 Å². The quantitative estimate of drug-likeness (QED) is 0.597. The largest absolute Gasteiger partial charge is 0.305 e. The van der Waals surface area contributed by atoms with Crippen molar-refractivity contribution in [3.8, 4) is 21.8 Å². The zero-order valence-electron chi connectivity index (χ0n) is 10.9. The standard InChI is InChI=1S/C16H10N2OS2/c19-15-13-11(10-5-2-1-3-6-10)9-21-16(13)18-14(17-15)12-7-4-8-20-12/h1-9H,(H,17,18,19). The van der Waals surface area contributed by atoms with E-state index in [0.717, 1.165) is 20.8 Å². The molecule has 0 unspecified atom stereocenters. The summed E-state index contributed by atoms with van der Waals surface area (Å²) in [5, 5.41) is 4.65. The third-order valence-electron chi connectivity index (χ3n) is 3.28. The molecule has 21 heavy (non-hydrogen) atoms. The Balaban J connectivity index is 1.96. The van der Waals surface area contributed by atoms with E-state index in [4.69, 9.17) is 0 Å². The van der Waals surface area contributed by atoms with E-state index in [1.807, 2.05) is 53.2 Å². The van der Waals surface area contributed by atoms with Crippen molar-refractivity contribution in [2.75, 3.05) is 0 Å². The monoisotopic (exact) mass is 310 g/mol. The predicted octanol–water partition coefficient (Wildman–Crippen LogP) is 4.38. The van der Waals surface area contributed by atoms with Crippen molar-refractivity contribution in [1.82, 2.24) is 9.97 Å². The minimum absolute atomic E-state index is 0.0801. The van der Waals surface area contributed by atoms with Crippen molar-refractivity contribution in [2.45, 2.75) is 0 Å². The molecule has 0 fully saturated rings. The molecule has 0 amide bonds. The highest BCUT2D eigenvalue weighted by Gasteiger charge is 2.13. The average Bonchev–Trinajstić information content (AvgIpc) is 3.17. The summed E-state index contributed by atoms with van der Waals surface area (Å²) in [6, 6.07) is 13.8. The predicted molar refractivity (Wildman–Crippen MR) is 89.0 cm³/mol. The van der Waals surface area contributed by atoms with Gasteiger partial charge in [0, 0.05) is 10.9 Å². The summed E-state index contributed by atoms with van der Waals surface area (Å²) >= 11 is 3.08. The smallest absolute Gasteiger partial charge is 0.260 e. The molecule has 3 heterocycles. The van der Waals surface area contributed by atoms with Gasteiger partial charge in [-0.25, -0.2) is 4.98 Å². The summed E-state index contributed by atoms with van der Waals surface area (Å²) in [4.78, 5) is 21.7. The van der Waals surface area contributed by atoms with Crippen molar-refractivity contribution in [1.29, 1.82) is 0 Å². The molecule has 0 spiro atoms. The summed E-state index contributed by atoms with van der Waals surface area (Å²) in [6.45, 7) is 0. The van der Waals surface area contributed by atoms with Gasteiger partial charge in [0.15, 0.2) is 5.82 Å². The second-order valence-corrected chi connectivity index (χ2v) is 6.39. The lowest BCUT2D eigenvalue weighted by atomic mass is 10.1. The highest BCUT2D eigenvalue weighted by Crippen LogP contribution is 2.31. The first kappa shape index (κ1) is 12.5. The number of aromatic nitrogens is 2. The van der Waals surface area contributed by atoms with Crippen molar-refractivity contribution in [3.63, 3.8) is 0 Å². The molecular formula is C16H10N2OS2. The highest BCUT2D eigenvalue weighted by molar-refractivity contribution is 7.17. The van der Waals surface area contributed by atoms with Crippen LogP contribution in [0.25, 0.3) is 32.0 Å². The molecule has 0 aliphatic heterocycles. The van der Waals surface area contributed by atoms with Gasteiger partial charge in [-0.15, -0.1) is 22.7 Å². The van der Waals surface area contributed by atoms with Crippen LogP contribution in [0.4, 0.5) is 0 Å². The molecule has 102 valence electrons. The first-order chi connectivity index (χ1) is 10.3. The molecule has 5 heteroatoms. The summed E-state index contributed by atoms with van der Waals surface area (Å²) < 4.78 is 0. The maximum Gasteiger partial charge on any atom is 0.260 e. The zero-order chi connectivity index (χ0) is 14.2. The van der Waals surface area contributed by atoms with Crippen LogP contribution >= 0.6 is 22.7 Å². The van der Waals surface area contributed by atoms with E-state index >= 15 is 0 Å². The number of fused-ring (bicyclic) bond motifs is 1.